The first kappa shape index (κ1) is 19.0. The lowest BCUT2D eigenvalue weighted by atomic mass is 9.45. The molecular weight excluding hydrogens is 347 g/mol. The minimum absolute atomic E-state index is 0.0224. The molecule has 0 amide bonds. The van der Waals surface area contributed by atoms with Crippen LogP contribution in [0.1, 0.15) is 46.5 Å². The number of alkyl halides is 1. The lowest BCUT2D eigenvalue weighted by molar-refractivity contribution is -0.195. The van der Waals surface area contributed by atoms with Crippen LogP contribution in [0, 0.1) is 34.5 Å². The van der Waals surface area contributed by atoms with Crippen LogP contribution in [0.3, 0.4) is 0 Å². The number of rotatable bonds is 2. The van der Waals surface area contributed by atoms with Crippen LogP contribution in [0.15, 0.2) is 23.8 Å². The predicted octanol–water partition coefficient (Wildman–Crippen LogP) is 2.78. The molecule has 27 heavy (non-hydrogen) atoms. The van der Waals surface area contributed by atoms with Crippen molar-refractivity contribution in [2.75, 3.05) is 6.61 Å². The Morgan fingerprint density at radius 1 is 1.33 bits per heavy atom. The van der Waals surface area contributed by atoms with Crippen molar-refractivity contribution in [3.8, 4) is 0 Å². The van der Waals surface area contributed by atoms with Crippen molar-refractivity contribution in [2.24, 2.45) is 34.5 Å². The van der Waals surface area contributed by atoms with Crippen LogP contribution in [0.25, 0.3) is 0 Å². The molecule has 5 heteroatoms. The minimum atomic E-state index is -1.85. The fourth-order valence-corrected chi connectivity index (χ4v) is 7.36. The molecule has 0 aromatic carbocycles. The Bertz CT molecular complexity index is 757. The van der Waals surface area contributed by atoms with Gasteiger partial charge in [-0.2, -0.15) is 0 Å². The van der Waals surface area contributed by atoms with E-state index in [0.29, 0.717) is 12.8 Å². The molecule has 2 N–H and O–H groups in total. The molecule has 0 aromatic heterocycles. The van der Waals surface area contributed by atoms with Crippen LogP contribution < -0.4 is 0 Å². The molecule has 4 aliphatic carbocycles. The lowest BCUT2D eigenvalue weighted by Gasteiger charge is -2.62. The van der Waals surface area contributed by atoms with E-state index in [0.717, 1.165) is 12.0 Å². The molecule has 8 atom stereocenters. The number of aliphatic hydroxyl groups excluding tert-OH is 2. The number of allylic oxidation sites excluding steroid dienone is 4. The number of carbonyl (C=O) groups is 2. The van der Waals surface area contributed by atoms with Gasteiger partial charge in [0.1, 0.15) is 6.61 Å². The van der Waals surface area contributed by atoms with Gasteiger partial charge in [0.25, 0.3) is 0 Å². The Balaban J connectivity index is 1.80. The van der Waals surface area contributed by atoms with E-state index in [2.05, 4.69) is 0 Å². The predicted molar refractivity (Wildman–Crippen MR) is 98.5 cm³/mol. The second-order valence-electron chi connectivity index (χ2n) is 9.67. The van der Waals surface area contributed by atoms with Crippen LogP contribution in [-0.2, 0) is 9.59 Å². The van der Waals surface area contributed by atoms with E-state index in [-0.39, 0.29) is 41.7 Å². The summed E-state index contributed by atoms with van der Waals surface area (Å²) in [6.45, 7) is 5.29. The zero-order chi connectivity index (χ0) is 19.8. The van der Waals surface area contributed by atoms with Gasteiger partial charge in [-0.3, -0.25) is 9.59 Å². The second-order valence-corrected chi connectivity index (χ2v) is 9.67. The summed E-state index contributed by atoms with van der Waals surface area (Å²) in [5.74, 6) is -1.00. The SMILES string of the molecule is C[C@@H]1C[C@H]2C3CCC4=CC(=O)C=CC4(C)[C@@]3(F)C(O)CC2(C)C1C(=O)CO. The largest absolute Gasteiger partial charge is 0.390 e. The lowest BCUT2D eigenvalue weighted by Crippen LogP contribution is -2.66. The maximum Gasteiger partial charge on any atom is 0.178 e. The molecule has 148 valence electrons. The minimum Gasteiger partial charge on any atom is -0.390 e. The van der Waals surface area contributed by atoms with E-state index in [4.69, 9.17) is 0 Å². The zero-order valence-corrected chi connectivity index (χ0v) is 16.2. The van der Waals surface area contributed by atoms with E-state index < -0.39 is 29.2 Å². The van der Waals surface area contributed by atoms with Crippen molar-refractivity contribution in [2.45, 2.75) is 58.2 Å². The Kier molecular flexibility index (Phi) is 4.11. The number of Topliss-reactive ketones (excluding diaryl/α,β-unsaturated/α-hetero) is 1. The number of aliphatic hydroxyl groups is 2. The van der Waals surface area contributed by atoms with Crippen LogP contribution in [0.2, 0.25) is 0 Å². The number of hydrogen-bond acceptors (Lipinski definition) is 4. The number of fused-ring (bicyclic) bond motifs is 5. The second kappa shape index (κ2) is 5.84. The Labute approximate surface area is 159 Å². The Morgan fingerprint density at radius 2 is 2.04 bits per heavy atom. The first-order chi connectivity index (χ1) is 12.6. The normalized spacial score (nSPS) is 51.3. The topological polar surface area (TPSA) is 74.6 Å². The third-order valence-electron chi connectivity index (χ3n) is 8.48. The summed E-state index contributed by atoms with van der Waals surface area (Å²) in [5.41, 5.74) is -2.59. The van der Waals surface area contributed by atoms with E-state index in [1.807, 2.05) is 13.8 Å². The average Bonchev–Trinajstić information content (AvgIpc) is 2.86. The summed E-state index contributed by atoms with van der Waals surface area (Å²) in [7, 11) is 0. The fraction of sp³-hybridized carbons (Fsp3) is 0.727. The highest BCUT2D eigenvalue weighted by Crippen LogP contribution is 2.69. The van der Waals surface area contributed by atoms with Gasteiger partial charge in [-0.25, -0.2) is 4.39 Å². The molecule has 0 bridgehead atoms. The molecule has 0 aliphatic heterocycles. The molecule has 3 saturated carbocycles. The molecule has 0 heterocycles. The molecule has 4 nitrogen and oxygen atoms in total. The highest BCUT2D eigenvalue weighted by Gasteiger charge is 2.71. The summed E-state index contributed by atoms with van der Waals surface area (Å²) < 4.78 is 16.8. The maximum atomic E-state index is 16.8. The zero-order valence-electron chi connectivity index (χ0n) is 16.2. The van der Waals surface area contributed by atoms with Gasteiger partial charge in [0.15, 0.2) is 17.2 Å². The molecule has 0 saturated heterocycles. The molecule has 0 aromatic rings. The number of carbonyl (C=O) groups excluding carboxylic acids is 2. The van der Waals surface area contributed by atoms with Gasteiger partial charge in [-0.05, 0) is 62.0 Å². The van der Waals surface area contributed by atoms with E-state index in [1.165, 1.54) is 12.2 Å². The fourth-order valence-electron chi connectivity index (χ4n) is 7.36. The standard InChI is InChI=1S/C22H29FO4/c1-12-8-16-15-5-4-13-9-14(25)6-7-21(13,3)22(15,23)18(27)10-20(16,2)19(12)17(26)11-24/h6-7,9,12,15-16,18-19,24,27H,4-5,8,10-11H2,1-3H3/t12-,15?,16+,18?,19?,20?,21?,22+/m1/s1. The van der Waals surface area contributed by atoms with Crippen molar-refractivity contribution in [1.82, 2.24) is 0 Å². The van der Waals surface area contributed by atoms with Crippen molar-refractivity contribution in [3.63, 3.8) is 0 Å². The molecular formula is C22H29FO4. The van der Waals surface area contributed by atoms with Crippen LogP contribution in [0.5, 0.6) is 0 Å². The molecule has 4 rings (SSSR count). The van der Waals surface area contributed by atoms with Gasteiger partial charge in [0.2, 0.25) is 0 Å². The Hall–Kier alpha value is -1.33. The molecule has 4 aliphatic rings. The van der Waals surface area contributed by atoms with E-state index >= 15 is 4.39 Å². The van der Waals surface area contributed by atoms with Crippen molar-refractivity contribution in [3.05, 3.63) is 23.8 Å². The van der Waals surface area contributed by atoms with E-state index in [9.17, 15) is 19.8 Å². The van der Waals surface area contributed by atoms with Gasteiger partial charge < -0.3 is 10.2 Å². The molecule has 3 fully saturated rings. The maximum absolute atomic E-state index is 16.8. The van der Waals surface area contributed by atoms with Crippen molar-refractivity contribution < 1.29 is 24.2 Å². The summed E-state index contributed by atoms with van der Waals surface area (Å²) in [6.07, 6.45) is 5.53. The molecule has 5 unspecified atom stereocenters. The summed E-state index contributed by atoms with van der Waals surface area (Å²) in [5, 5.41) is 20.6. The molecule has 0 radical (unpaired) electrons. The monoisotopic (exact) mass is 376 g/mol. The van der Waals surface area contributed by atoms with Crippen molar-refractivity contribution >= 4 is 11.6 Å². The van der Waals surface area contributed by atoms with Crippen LogP contribution >= 0.6 is 0 Å². The Morgan fingerprint density at radius 3 is 2.70 bits per heavy atom. The number of hydrogen-bond donors (Lipinski definition) is 2. The molecule has 0 spiro atoms. The van der Waals surface area contributed by atoms with Gasteiger partial charge in [-0.15, -0.1) is 0 Å². The quantitative estimate of drug-likeness (QED) is 0.777. The summed E-state index contributed by atoms with van der Waals surface area (Å²) >= 11 is 0. The van der Waals surface area contributed by atoms with Gasteiger partial charge >= 0.3 is 0 Å². The number of ketones is 2. The van der Waals surface area contributed by atoms with E-state index in [1.54, 1.807) is 13.0 Å². The van der Waals surface area contributed by atoms with Crippen LogP contribution in [0.4, 0.5) is 4.39 Å². The third-order valence-corrected chi connectivity index (χ3v) is 8.48. The average molecular weight is 376 g/mol. The van der Waals surface area contributed by atoms with Crippen molar-refractivity contribution in [1.29, 1.82) is 0 Å². The summed E-state index contributed by atoms with van der Waals surface area (Å²) in [4.78, 5) is 24.3. The highest BCUT2D eigenvalue weighted by molar-refractivity contribution is 6.01. The van der Waals surface area contributed by atoms with Gasteiger partial charge in [-0.1, -0.05) is 25.5 Å². The van der Waals surface area contributed by atoms with Crippen LogP contribution in [-0.4, -0.2) is 40.2 Å². The van der Waals surface area contributed by atoms with Gasteiger partial charge in [0.05, 0.1) is 6.10 Å². The number of halogens is 1. The first-order valence-corrected chi connectivity index (χ1v) is 10.0. The summed E-state index contributed by atoms with van der Waals surface area (Å²) in [6, 6.07) is 0. The highest BCUT2D eigenvalue weighted by atomic mass is 19.1. The smallest absolute Gasteiger partial charge is 0.178 e. The first-order valence-electron chi connectivity index (χ1n) is 10.0. The third kappa shape index (κ3) is 2.21. The van der Waals surface area contributed by atoms with Gasteiger partial charge in [0, 0.05) is 17.3 Å².